The van der Waals surface area contributed by atoms with Crippen LogP contribution in [0.1, 0.15) is 32.5 Å². The van der Waals surface area contributed by atoms with Gasteiger partial charge in [-0.1, -0.05) is 11.6 Å². The van der Waals surface area contributed by atoms with E-state index in [1.807, 2.05) is 32.0 Å². The number of benzene rings is 1. The number of aromatic nitrogens is 2. The second-order valence-corrected chi connectivity index (χ2v) is 5.55. The number of ether oxygens (including phenoxy) is 1. The number of hydrogen-bond acceptors (Lipinski definition) is 3. The van der Waals surface area contributed by atoms with Gasteiger partial charge in [0.25, 0.3) is 0 Å². The average Bonchev–Trinajstić information content (AvgIpc) is 3.16. The molecule has 0 N–H and O–H groups in total. The maximum atomic E-state index is 12.2. The van der Waals surface area contributed by atoms with Crippen LogP contribution < -0.4 is 0 Å². The van der Waals surface area contributed by atoms with Gasteiger partial charge >= 0.3 is 5.97 Å². The quantitative estimate of drug-likeness (QED) is 0.812. The van der Waals surface area contributed by atoms with E-state index in [0.717, 1.165) is 36.2 Å². The van der Waals surface area contributed by atoms with Crippen LogP contribution in [0.3, 0.4) is 0 Å². The molecule has 1 heterocycles. The van der Waals surface area contributed by atoms with Gasteiger partial charge in [0.05, 0.1) is 17.6 Å². The Balaban J connectivity index is 2.14. The first kappa shape index (κ1) is 13.4. The Labute approximate surface area is 122 Å². The number of fused-ring (bicyclic) bond motifs is 1. The van der Waals surface area contributed by atoms with Crippen LogP contribution >= 0.6 is 11.6 Å². The van der Waals surface area contributed by atoms with E-state index in [1.54, 1.807) is 0 Å². The lowest BCUT2D eigenvalue weighted by Crippen LogP contribution is -2.27. The van der Waals surface area contributed by atoms with Gasteiger partial charge in [-0.2, -0.15) is 0 Å². The van der Waals surface area contributed by atoms with E-state index >= 15 is 0 Å². The lowest BCUT2D eigenvalue weighted by atomic mass is 10.1. The van der Waals surface area contributed by atoms with Crippen molar-refractivity contribution in [3.05, 3.63) is 29.0 Å². The second-order valence-electron chi connectivity index (χ2n) is 5.12. The zero-order valence-electron chi connectivity index (χ0n) is 11.6. The monoisotopic (exact) mass is 292 g/mol. The third kappa shape index (κ3) is 1.90. The third-order valence-corrected chi connectivity index (χ3v) is 4.11. The van der Waals surface area contributed by atoms with Crippen LogP contribution in [-0.2, 0) is 21.5 Å². The fourth-order valence-corrected chi connectivity index (χ4v) is 2.86. The van der Waals surface area contributed by atoms with Gasteiger partial charge in [0.1, 0.15) is 11.2 Å². The molecule has 0 radical (unpaired) electrons. The molecule has 0 bridgehead atoms. The minimum atomic E-state index is -0.544. The highest BCUT2D eigenvalue weighted by Gasteiger charge is 2.56. The van der Waals surface area contributed by atoms with Gasteiger partial charge in [0, 0.05) is 11.6 Å². The van der Waals surface area contributed by atoms with E-state index in [-0.39, 0.29) is 5.97 Å². The minimum Gasteiger partial charge on any atom is -0.465 e. The van der Waals surface area contributed by atoms with Crippen molar-refractivity contribution in [3.8, 4) is 0 Å². The van der Waals surface area contributed by atoms with Crippen LogP contribution in [0.5, 0.6) is 0 Å². The molecule has 1 aromatic heterocycles. The number of carbonyl (C=O) groups excluding carboxylic acids is 1. The first-order valence-corrected chi connectivity index (χ1v) is 7.33. The van der Waals surface area contributed by atoms with E-state index in [2.05, 4.69) is 9.55 Å². The summed E-state index contributed by atoms with van der Waals surface area (Å²) in [5, 5.41) is 0.680. The average molecular weight is 293 g/mol. The van der Waals surface area contributed by atoms with E-state index in [0.29, 0.717) is 11.6 Å². The van der Waals surface area contributed by atoms with Crippen molar-refractivity contribution in [2.45, 2.75) is 38.6 Å². The van der Waals surface area contributed by atoms with Crippen LogP contribution in [0.2, 0.25) is 5.02 Å². The van der Waals surface area contributed by atoms with Crippen molar-refractivity contribution in [3.63, 3.8) is 0 Å². The number of nitrogens with zero attached hydrogens (tertiary/aromatic N) is 2. The number of hydrogen-bond donors (Lipinski definition) is 0. The Hall–Kier alpha value is -1.55. The van der Waals surface area contributed by atoms with Gasteiger partial charge in [-0.25, -0.2) is 4.98 Å². The molecule has 1 fully saturated rings. The summed E-state index contributed by atoms with van der Waals surface area (Å²) in [6.45, 7) is 5.04. The van der Waals surface area contributed by atoms with Crippen molar-refractivity contribution >= 4 is 28.6 Å². The number of carbonyl (C=O) groups is 1. The van der Waals surface area contributed by atoms with Crippen molar-refractivity contribution in [2.75, 3.05) is 6.61 Å². The van der Waals surface area contributed by atoms with E-state index in [4.69, 9.17) is 16.3 Å². The molecule has 20 heavy (non-hydrogen) atoms. The van der Waals surface area contributed by atoms with E-state index < -0.39 is 5.41 Å². The summed E-state index contributed by atoms with van der Waals surface area (Å²) < 4.78 is 7.30. The fraction of sp³-hybridized carbons (Fsp3) is 0.467. The van der Waals surface area contributed by atoms with Gasteiger partial charge in [-0.3, -0.25) is 4.79 Å². The summed E-state index contributed by atoms with van der Waals surface area (Å²) in [5.74, 6) is 0.659. The summed E-state index contributed by atoms with van der Waals surface area (Å²) in [6.07, 6.45) is 1.62. The molecule has 5 heteroatoms. The topological polar surface area (TPSA) is 44.1 Å². The molecule has 0 unspecified atom stereocenters. The highest BCUT2D eigenvalue weighted by molar-refractivity contribution is 6.31. The van der Waals surface area contributed by atoms with Gasteiger partial charge in [-0.05, 0) is 44.9 Å². The molecule has 2 aromatic rings. The largest absolute Gasteiger partial charge is 0.465 e. The SMILES string of the molecule is CCOC(=O)C1(c2nc3ccc(Cl)cc3n2CC)CC1. The zero-order chi connectivity index (χ0) is 14.3. The van der Waals surface area contributed by atoms with Gasteiger partial charge in [0.2, 0.25) is 0 Å². The molecule has 1 saturated carbocycles. The smallest absolute Gasteiger partial charge is 0.319 e. The zero-order valence-corrected chi connectivity index (χ0v) is 12.4. The molecule has 1 aliphatic rings. The second kappa shape index (κ2) is 4.77. The molecule has 0 atom stereocenters. The highest BCUT2D eigenvalue weighted by Crippen LogP contribution is 2.49. The molecule has 3 rings (SSSR count). The number of rotatable bonds is 4. The van der Waals surface area contributed by atoms with Gasteiger partial charge in [0.15, 0.2) is 0 Å². The Kier molecular flexibility index (Phi) is 3.21. The molecule has 1 aliphatic carbocycles. The molecule has 0 amide bonds. The van der Waals surface area contributed by atoms with Gasteiger partial charge < -0.3 is 9.30 Å². The fourth-order valence-electron chi connectivity index (χ4n) is 2.69. The molecular formula is C15H17ClN2O2. The number of halogens is 1. The predicted molar refractivity (Wildman–Crippen MR) is 78.0 cm³/mol. The summed E-state index contributed by atoms with van der Waals surface area (Å²) in [6, 6.07) is 5.62. The van der Waals surface area contributed by atoms with Crippen LogP contribution in [0.4, 0.5) is 0 Å². The molecule has 1 aromatic carbocycles. The normalized spacial score (nSPS) is 16.4. The van der Waals surface area contributed by atoms with E-state index in [9.17, 15) is 4.79 Å². The Morgan fingerprint density at radius 2 is 2.20 bits per heavy atom. The minimum absolute atomic E-state index is 0.156. The summed E-state index contributed by atoms with van der Waals surface area (Å²) in [4.78, 5) is 16.9. The third-order valence-electron chi connectivity index (χ3n) is 3.87. The van der Waals surface area contributed by atoms with Crippen LogP contribution in [-0.4, -0.2) is 22.1 Å². The van der Waals surface area contributed by atoms with Crippen molar-refractivity contribution in [1.29, 1.82) is 0 Å². The maximum Gasteiger partial charge on any atom is 0.319 e. The Morgan fingerprint density at radius 3 is 2.80 bits per heavy atom. The summed E-state index contributed by atoms with van der Waals surface area (Å²) in [7, 11) is 0. The van der Waals surface area contributed by atoms with Crippen molar-refractivity contribution in [1.82, 2.24) is 9.55 Å². The maximum absolute atomic E-state index is 12.2. The number of aryl methyl sites for hydroxylation is 1. The first-order valence-electron chi connectivity index (χ1n) is 6.96. The standard InChI is InChI=1S/C15H17ClN2O2/c1-3-18-12-9-10(16)5-6-11(12)17-13(18)15(7-8-15)14(19)20-4-2/h5-6,9H,3-4,7-8H2,1-2H3. The molecule has 4 nitrogen and oxygen atoms in total. The summed E-state index contributed by atoms with van der Waals surface area (Å²) in [5.41, 5.74) is 1.31. The molecular weight excluding hydrogens is 276 g/mol. The summed E-state index contributed by atoms with van der Waals surface area (Å²) >= 11 is 6.07. The molecule has 0 saturated heterocycles. The lowest BCUT2D eigenvalue weighted by Gasteiger charge is -2.15. The van der Waals surface area contributed by atoms with Crippen molar-refractivity contribution < 1.29 is 9.53 Å². The molecule has 106 valence electrons. The molecule has 0 aliphatic heterocycles. The van der Waals surface area contributed by atoms with Crippen LogP contribution in [0.15, 0.2) is 18.2 Å². The Bertz CT molecular complexity index is 674. The number of imidazole rings is 1. The van der Waals surface area contributed by atoms with Gasteiger partial charge in [-0.15, -0.1) is 0 Å². The predicted octanol–water partition coefficient (Wildman–Crippen LogP) is 3.30. The lowest BCUT2D eigenvalue weighted by molar-refractivity contribution is -0.146. The Morgan fingerprint density at radius 1 is 1.45 bits per heavy atom. The van der Waals surface area contributed by atoms with Crippen LogP contribution in [0, 0.1) is 0 Å². The first-order chi connectivity index (χ1) is 9.62. The van der Waals surface area contributed by atoms with Crippen molar-refractivity contribution in [2.24, 2.45) is 0 Å². The van der Waals surface area contributed by atoms with E-state index in [1.165, 1.54) is 0 Å². The molecule has 0 spiro atoms. The highest BCUT2D eigenvalue weighted by atomic mass is 35.5. The number of esters is 1. The van der Waals surface area contributed by atoms with Crippen LogP contribution in [0.25, 0.3) is 11.0 Å².